The van der Waals surface area contributed by atoms with Crippen LogP contribution in [-0.2, 0) is 0 Å². The number of alkyl halides is 1. The summed E-state index contributed by atoms with van der Waals surface area (Å²) < 4.78 is 0. The Hall–Kier alpha value is 0.400. The molecule has 90 valence electrons. The molecular formula is C12H24BrNO. The monoisotopic (exact) mass is 277 g/mol. The molecule has 0 aromatic heterocycles. The summed E-state index contributed by atoms with van der Waals surface area (Å²) in [6.45, 7) is 5.01. The number of nitrogens with zero attached hydrogens (tertiary/aromatic N) is 1. The summed E-state index contributed by atoms with van der Waals surface area (Å²) in [5, 5.41) is 10.4. The standard InChI is InChI=1S/C12H24BrNO/c1-11(5-7-13)6-9-14-8-3-2-4-12(14)10-15/h11-12,15H,2-10H2,1H3. The molecule has 1 saturated heterocycles. The van der Waals surface area contributed by atoms with Crippen molar-refractivity contribution in [2.24, 2.45) is 5.92 Å². The zero-order chi connectivity index (χ0) is 11.1. The smallest absolute Gasteiger partial charge is 0.0586 e. The molecule has 0 aromatic carbocycles. The van der Waals surface area contributed by atoms with Crippen LogP contribution in [0, 0.1) is 5.92 Å². The van der Waals surface area contributed by atoms with Crippen molar-refractivity contribution < 1.29 is 5.11 Å². The van der Waals surface area contributed by atoms with Crippen LogP contribution in [0.3, 0.4) is 0 Å². The maximum Gasteiger partial charge on any atom is 0.0586 e. The highest BCUT2D eigenvalue weighted by Crippen LogP contribution is 2.18. The summed E-state index contributed by atoms with van der Waals surface area (Å²) in [5.74, 6) is 0.797. The van der Waals surface area contributed by atoms with Gasteiger partial charge in [-0.05, 0) is 44.7 Å². The van der Waals surface area contributed by atoms with Gasteiger partial charge in [0.1, 0.15) is 0 Å². The second-order valence-corrected chi connectivity index (χ2v) is 5.53. The molecule has 0 saturated carbocycles. The van der Waals surface area contributed by atoms with E-state index >= 15 is 0 Å². The van der Waals surface area contributed by atoms with Gasteiger partial charge in [-0.2, -0.15) is 0 Å². The zero-order valence-corrected chi connectivity index (χ0v) is 11.4. The third kappa shape index (κ3) is 4.83. The number of aliphatic hydroxyl groups is 1. The van der Waals surface area contributed by atoms with Crippen LogP contribution >= 0.6 is 15.9 Å². The number of rotatable bonds is 6. The van der Waals surface area contributed by atoms with Crippen molar-refractivity contribution >= 4 is 15.9 Å². The fraction of sp³-hybridized carbons (Fsp3) is 1.00. The average Bonchev–Trinajstić information content (AvgIpc) is 2.27. The molecule has 0 amide bonds. The number of aliphatic hydroxyl groups excluding tert-OH is 1. The van der Waals surface area contributed by atoms with Crippen LogP contribution in [-0.4, -0.2) is 41.1 Å². The van der Waals surface area contributed by atoms with Crippen LogP contribution in [0.4, 0.5) is 0 Å². The van der Waals surface area contributed by atoms with Crippen molar-refractivity contribution in [2.45, 2.75) is 45.1 Å². The molecule has 0 aliphatic carbocycles. The van der Waals surface area contributed by atoms with Gasteiger partial charge in [0.05, 0.1) is 6.61 Å². The van der Waals surface area contributed by atoms with Gasteiger partial charge in [0.2, 0.25) is 0 Å². The maximum atomic E-state index is 9.28. The molecule has 0 radical (unpaired) electrons. The summed E-state index contributed by atoms with van der Waals surface area (Å²) in [7, 11) is 0. The molecular weight excluding hydrogens is 254 g/mol. The minimum Gasteiger partial charge on any atom is -0.395 e. The minimum atomic E-state index is 0.340. The van der Waals surface area contributed by atoms with Crippen LogP contribution < -0.4 is 0 Å². The van der Waals surface area contributed by atoms with Gasteiger partial charge in [-0.25, -0.2) is 0 Å². The van der Waals surface area contributed by atoms with E-state index in [0.29, 0.717) is 12.6 Å². The lowest BCUT2D eigenvalue weighted by Crippen LogP contribution is -2.42. The Morgan fingerprint density at radius 2 is 2.20 bits per heavy atom. The summed E-state index contributed by atoms with van der Waals surface area (Å²) >= 11 is 3.49. The highest BCUT2D eigenvalue weighted by Gasteiger charge is 2.21. The van der Waals surface area contributed by atoms with Gasteiger partial charge in [0.25, 0.3) is 0 Å². The predicted molar refractivity (Wildman–Crippen MR) is 68.5 cm³/mol. The van der Waals surface area contributed by atoms with Crippen molar-refractivity contribution in [3.05, 3.63) is 0 Å². The molecule has 0 spiro atoms. The molecule has 15 heavy (non-hydrogen) atoms. The summed E-state index contributed by atoms with van der Waals surface area (Å²) in [4.78, 5) is 2.48. The predicted octanol–water partition coefficient (Wildman–Crippen LogP) is 2.64. The fourth-order valence-electron chi connectivity index (χ4n) is 2.28. The highest BCUT2D eigenvalue weighted by molar-refractivity contribution is 9.09. The third-order valence-electron chi connectivity index (χ3n) is 3.47. The lowest BCUT2D eigenvalue weighted by atomic mass is 10.00. The maximum absolute atomic E-state index is 9.28. The van der Waals surface area contributed by atoms with E-state index in [2.05, 4.69) is 27.8 Å². The SMILES string of the molecule is CC(CCBr)CCN1CCCCC1CO. The van der Waals surface area contributed by atoms with Crippen molar-refractivity contribution in [3.63, 3.8) is 0 Å². The highest BCUT2D eigenvalue weighted by atomic mass is 79.9. The van der Waals surface area contributed by atoms with Gasteiger partial charge >= 0.3 is 0 Å². The van der Waals surface area contributed by atoms with Gasteiger partial charge in [-0.3, -0.25) is 4.90 Å². The third-order valence-corrected chi connectivity index (χ3v) is 3.93. The Balaban J connectivity index is 2.22. The van der Waals surface area contributed by atoms with Crippen LogP contribution in [0.5, 0.6) is 0 Å². The van der Waals surface area contributed by atoms with Crippen LogP contribution in [0.15, 0.2) is 0 Å². The van der Waals surface area contributed by atoms with Crippen LogP contribution in [0.1, 0.15) is 39.0 Å². The molecule has 0 bridgehead atoms. The molecule has 1 N–H and O–H groups in total. The van der Waals surface area contributed by atoms with Gasteiger partial charge in [-0.15, -0.1) is 0 Å². The molecule has 2 nitrogen and oxygen atoms in total. The Kier molecular flexibility index (Phi) is 6.86. The Bertz CT molecular complexity index is 166. The number of hydrogen-bond acceptors (Lipinski definition) is 2. The van der Waals surface area contributed by atoms with E-state index in [0.717, 1.165) is 11.2 Å². The average molecular weight is 278 g/mol. The van der Waals surface area contributed by atoms with Crippen molar-refractivity contribution in [1.29, 1.82) is 0 Å². The van der Waals surface area contributed by atoms with Crippen molar-refractivity contribution in [3.8, 4) is 0 Å². The Morgan fingerprint density at radius 1 is 1.40 bits per heavy atom. The summed E-state index contributed by atoms with van der Waals surface area (Å²) in [5.41, 5.74) is 0. The molecule has 2 unspecified atom stereocenters. The molecule has 0 aromatic rings. The van der Waals surface area contributed by atoms with Crippen molar-refractivity contribution in [2.75, 3.05) is 25.0 Å². The van der Waals surface area contributed by atoms with E-state index in [1.165, 1.54) is 45.2 Å². The lowest BCUT2D eigenvalue weighted by Gasteiger charge is -2.35. The molecule has 1 heterocycles. The van der Waals surface area contributed by atoms with Gasteiger partial charge < -0.3 is 5.11 Å². The number of likely N-dealkylation sites (tertiary alicyclic amines) is 1. The van der Waals surface area contributed by atoms with Crippen LogP contribution in [0.25, 0.3) is 0 Å². The number of halogens is 1. The first-order valence-electron chi connectivity index (χ1n) is 6.18. The van der Waals surface area contributed by atoms with Gasteiger partial charge in [0, 0.05) is 11.4 Å². The van der Waals surface area contributed by atoms with Gasteiger partial charge in [-0.1, -0.05) is 29.3 Å². The molecule has 1 aliphatic rings. The normalized spacial score (nSPS) is 25.4. The summed E-state index contributed by atoms with van der Waals surface area (Å²) in [6, 6.07) is 0.440. The second-order valence-electron chi connectivity index (χ2n) is 4.74. The number of piperidine rings is 1. The fourth-order valence-corrected chi connectivity index (χ4v) is 3.06. The Morgan fingerprint density at radius 3 is 2.87 bits per heavy atom. The number of hydrogen-bond donors (Lipinski definition) is 1. The first-order valence-corrected chi connectivity index (χ1v) is 7.31. The molecule has 1 fully saturated rings. The quantitative estimate of drug-likeness (QED) is 0.755. The minimum absolute atomic E-state index is 0.340. The first kappa shape index (κ1) is 13.5. The lowest BCUT2D eigenvalue weighted by molar-refractivity contribution is 0.0854. The van der Waals surface area contributed by atoms with E-state index < -0.39 is 0 Å². The van der Waals surface area contributed by atoms with Crippen LogP contribution in [0.2, 0.25) is 0 Å². The van der Waals surface area contributed by atoms with Crippen molar-refractivity contribution in [1.82, 2.24) is 4.90 Å². The summed E-state index contributed by atoms with van der Waals surface area (Å²) in [6.07, 6.45) is 6.31. The molecule has 1 rings (SSSR count). The van der Waals surface area contributed by atoms with Gasteiger partial charge in [0.15, 0.2) is 0 Å². The van der Waals surface area contributed by atoms with E-state index in [1.807, 2.05) is 0 Å². The Labute approximate surface area is 102 Å². The molecule has 2 atom stereocenters. The first-order chi connectivity index (χ1) is 7.27. The largest absolute Gasteiger partial charge is 0.395 e. The topological polar surface area (TPSA) is 23.5 Å². The van der Waals surface area contributed by atoms with E-state index in [9.17, 15) is 5.11 Å². The molecule has 3 heteroatoms. The second kappa shape index (κ2) is 7.64. The van der Waals surface area contributed by atoms with E-state index in [4.69, 9.17) is 0 Å². The van der Waals surface area contributed by atoms with E-state index in [1.54, 1.807) is 0 Å². The van der Waals surface area contributed by atoms with E-state index in [-0.39, 0.29) is 0 Å². The zero-order valence-electron chi connectivity index (χ0n) is 9.79. The molecule has 1 aliphatic heterocycles.